The van der Waals surface area contributed by atoms with Crippen LogP contribution in [0.15, 0.2) is 48.5 Å². The summed E-state index contributed by atoms with van der Waals surface area (Å²) in [7, 11) is 3.24. The molecule has 0 aliphatic carbocycles. The molecule has 21 heavy (non-hydrogen) atoms. The number of methoxy groups -OCH3 is 2. The summed E-state index contributed by atoms with van der Waals surface area (Å²) in [6.45, 7) is 1.99. The second-order valence-corrected chi connectivity index (χ2v) is 4.65. The Morgan fingerprint density at radius 2 is 1.57 bits per heavy atom. The lowest BCUT2D eigenvalue weighted by molar-refractivity contribution is 0.104. The Bertz CT molecular complexity index is 655. The van der Waals surface area contributed by atoms with E-state index in [-0.39, 0.29) is 5.78 Å². The van der Waals surface area contributed by atoms with Crippen LogP contribution < -0.4 is 9.47 Å². The fraction of sp³-hybridized carbons (Fsp3) is 0.167. The zero-order chi connectivity index (χ0) is 15.2. The minimum Gasteiger partial charge on any atom is -0.497 e. The van der Waals surface area contributed by atoms with Crippen molar-refractivity contribution in [3.05, 3.63) is 65.2 Å². The van der Waals surface area contributed by atoms with Crippen molar-refractivity contribution in [1.29, 1.82) is 0 Å². The van der Waals surface area contributed by atoms with Crippen molar-refractivity contribution < 1.29 is 14.3 Å². The van der Waals surface area contributed by atoms with Gasteiger partial charge < -0.3 is 9.47 Å². The summed E-state index contributed by atoms with van der Waals surface area (Å²) >= 11 is 0. The monoisotopic (exact) mass is 282 g/mol. The molecule has 0 unspecified atom stereocenters. The quantitative estimate of drug-likeness (QED) is 0.616. The van der Waals surface area contributed by atoms with Gasteiger partial charge in [-0.25, -0.2) is 0 Å². The van der Waals surface area contributed by atoms with E-state index >= 15 is 0 Å². The zero-order valence-electron chi connectivity index (χ0n) is 12.4. The summed E-state index contributed by atoms with van der Waals surface area (Å²) in [5.74, 6) is 1.51. The van der Waals surface area contributed by atoms with Crippen LogP contribution in [0, 0.1) is 6.92 Å². The Balaban J connectivity index is 2.14. The van der Waals surface area contributed by atoms with Crippen LogP contribution in [-0.4, -0.2) is 20.0 Å². The van der Waals surface area contributed by atoms with Gasteiger partial charge in [0, 0.05) is 5.56 Å². The molecule has 0 aromatic heterocycles. The van der Waals surface area contributed by atoms with Crippen LogP contribution in [0.1, 0.15) is 21.5 Å². The topological polar surface area (TPSA) is 35.5 Å². The van der Waals surface area contributed by atoms with Gasteiger partial charge >= 0.3 is 0 Å². The molecule has 0 heterocycles. The van der Waals surface area contributed by atoms with E-state index in [1.165, 1.54) is 0 Å². The first kappa shape index (κ1) is 14.9. The highest BCUT2D eigenvalue weighted by Gasteiger charge is 2.03. The summed E-state index contributed by atoms with van der Waals surface area (Å²) in [4.78, 5) is 12.1. The van der Waals surface area contributed by atoms with Crippen LogP contribution in [-0.2, 0) is 0 Å². The first-order valence-electron chi connectivity index (χ1n) is 6.65. The summed E-state index contributed by atoms with van der Waals surface area (Å²) < 4.78 is 10.2. The first-order valence-corrected chi connectivity index (χ1v) is 6.65. The Labute approximate surface area is 124 Å². The minimum atomic E-state index is -0.0344. The van der Waals surface area contributed by atoms with E-state index in [0.29, 0.717) is 5.56 Å². The summed E-state index contributed by atoms with van der Waals surface area (Å²) in [5, 5.41) is 0. The molecular weight excluding hydrogens is 264 g/mol. The van der Waals surface area contributed by atoms with Gasteiger partial charge in [0.1, 0.15) is 11.5 Å². The number of ether oxygens (including phenoxy) is 2. The average molecular weight is 282 g/mol. The maximum absolute atomic E-state index is 12.1. The third kappa shape index (κ3) is 3.72. The minimum absolute atomic E-state index is 0.0344. The normalized spacial score (nSPS) is 10.6. The predicted molar refractivity (Wildman–Crippen MR) is 84.1 cm³/mol. The largest absolute Gasteiger partial charge is 0.497 e. The van der Waals surface area contributed by atoms with Gasteiger partial charge in [-0.1, -0.05) is 12.1 Å². The number of ketones is 1. The number of benzene rings is 2. The molecule has 3 nitrogen and oxygen atoms in total. The van der Waals surface area contributed by atoms with Gasteiger partial charge in [0.15, 0.2) is 5.78 Å². The lowest BCUT2D eigenvalue weighted by Gasteiger charge is -2.04. The third-order valence-electron chi connectivity index (χ3n) is 3.27. The van der Waals surface area contributed by atoms with Gasteiger partial charge in [-0.05, 0) is 60.5 Å². The molecule has 0 aliphatic heterocycles. The highest BCUT2D eigenvalue weighted by Crippen LogP contribution is 2.18. The van der Waals surface area contributed by atoms with Crippen molar-refractivity contribution in [1.82, 2.24) is 0 Å². The van der Waals surface area contributed by atoms with E-state index in [9.17, 15) is 4.79 Å². The average Bonchev–Trinajstić information content (AvgIpc) is 2.53. The highest BCUT2D eigenvalue weighted by atomic mass is 16.5. The van der Waals surface area contributed by atoms with Crippen molar-refractivity contribution in [2.24, 2.45) is 0 Å². The lowest BCUT2D eigenvalue weighted by Crippen LogP contribution is -1.94. The standard InChI is InChI=1S/C18H18O3/c1-13-12-17(21-3)10-4-14(13)7-11-18(19)15-5-8-16(20-2)9-6-15/h4-12H,1-3H3. The van der Waals surface area contributed by atoms with Crippen LogP contribution in [0.25, 0.3) is 6.08 Å². The van der Waals surface area contributed by atoms with E-state index < -0.39 is 0 Å². The second kappa shape index (κ2) is 6.75. The van der Waals surface area contributed by atoms with Gasteiger partial charge in [-0.15, -0.1) is 0 Å². The number of aryl methyl sites for hydroxylation is 1. The van der Waals surface area contributed by atoms with E-state index in [1.807, 2.05) is 31.2 Å². The predicted octanol–water partition coefficient (Wildman–Crippen LogP) is 3.91. The molecule has 0 radical (unpaired) electrons. The number of hydrogen-bond acceptors (Lipinski definition) is 3. The Morgan fingerprint density at radius 1 is 0.952 bits per heavy atom. The molecule has 0 atom stereocenters. The van der Waals surface area contributed by atoms with Crippen molar-refractivity contribution >= 4 is 11.9 Å². The van der Waals surface area contributed by atoms with E-state index in [0.717, 1.165) is 22.6 Å². The van der Waals surface area contributed by atoms with Crippen LogP contribution in [0.3, 0.4) is 0 Å². The van der Waals surface area contributed by atoms with Crippen LogP contribution >= 0.6 is 0 Å². The van der Waals surface area contributed by atoms with Gasteiger partial charge in [0.25, 0.3) is 0 Å². The highest BCUT2D eigenvalue weighted by molar-refractivity contribution is 6.06. The van der Waals surface area contributed by atoms with E-state index in [1.54, 1.807) is 44.6 Å². The molecule has 0 aliphatic rings. The maximum atomic E-state index is 12.1. The Kier molecular flexibility index (Phi) is 4.77. The molecule has 2 aromatic rings. The molecule has 0 amide bonds. The Hall–Kier alpha value is -2.55. The van der Waals surface area contributed by atoms with Crippen LogP contribution in [0.4, 0.5) is 0 Å². The summed E-state index contributed by atoms with van der Waals surface area (Å²) in [6, 6.07) is 12.8. The molecule has 0 bridgehead atoms. The number of carbonyl (C=O) groups is 1. The zero-order valence-corrected chi connectivity index (χ0v) is 12.4. The smallest absolute Gasteiger partial charge is 0.185 e. The van der Waals surface area contributed by atoms with Gasteiger partial charge in [-0.3, -0.25) is 4.79 Å². The molecule has 0 N–H and O–H groups in total. The van der Waals surface area contributed by atoms with Crippen LogP contribution in [0.2, 0.25) is 0 Å². The number of rotatable bonds is 5. The lowest BCUT2D eigenvalue weighted by atomic mass is 10.1. The molecule has 108 valence electrons. The summed E-state index contributed by atoms with van der Waals surface area (Å²) in [5.41, 5.74) is 2.70. The molecular formula is C18H18O3. The fourth-order valence-electron chi connectivity index (χ4n) is 1.98. The van der Waals surface area contributed by atoms with E-state index in [2.05, 4.69) is 0 Å². The SMILES string of the molecule is COc1ccc(C(=O)C=Cc2ccc(OC)cc2C)cc1. The summed E-state index contributed by atoms with van der Waals surface area (Å²) in [6.07, 6.45) is 3.40. The Morgan fingerprint density at radius 3 is 2.14 bits per heavy atom. The van der Waals surface area contributed by atoms with Crippen molar-refractivity contribution in [3.8, 4) is 11.5 Å². The first-order chi connectivity index (χ1) is 10.1. The molecule has 0 fully saturated rings. The van der Waals surface area contributed by atoms with Gasteiger partial charge in [-0.2, -0.15) is 0 Å². The molecule has 3 heteroatoms. The van der Waals surface area contributed by atoms with E-state index in [4.69, 9.17) is 9.47 Å². The number of hydrogen-bond donors (Lipinski definition) is 0. The third-order valence-corrected chi connectivity index (χ3v) is 3.27. The molecule has 2 aromatic carbocycles. The van der Waals surface area contributed by atoms with Crippen molar-refractivity contribution in [3.63, 3.8) is 0 Å². The molecule has 0 saturated carbocycles. The fourth-order valence-corrected chi connectivity index (χ4v) is 1.98. The maximum Gasteiger partial charge on any atom is 0.185 e. The van der Waals surface area contributed by atoms with Crippen molar-refractivity contribution in [2.45, 2.75) is 6.92 Å². The van der Waals surface area contributed by atoms with Crippen molar-refractivity contribution in [2.75, 3.05) is 14.2 Å². The van der Waals surface area contributed by atoms with Crippen LogP contribution in [0.5, 0.6) is 11.5 Å². The number of allylic oxidation sites excluding steroid dienone is 1. The molecule has 2 rings (SSSR count). The van der Waals surface area contributed by atoms with Gasteiger partial charge in [0.05, 0.1) is 14.2 Å². The number of carbonyl (C=O) groups excluding carboxylic acids is 1. The molecule has 0 saturated heterocycles. The second-order valence-electron chi connectivity index (χ2n) is 4.65. The van der Waals surface area contributed by atoms with Gasteiger partial charge in [0.2, 0.25) is 0 Å². The molecule has 0 spiro atoms.